The topological polar surface area (TPSA) is 71.3 Å². The van der Waals surface area contributed by atoms with E-state index in [1.54, 1.807) is 6.26 Å². The molecule has 134 valence electrons. The highest BCUT2D eigenvalue weighted by Gasteiger charge is 2.10. The summed E-state index contributed by atoms with van der Waals surface area (Å²) in [6.07, 6.45) is 4.26. The molecular formula is C20H26N2O3. The first-order chi connectivity index (χ1) is 12.0. The largest absolute Gasteiger partial charge is 0.469 e. The van der Waals surface area contributed by atoms with Crippen LogP contribution in [0.4, 0.5) is 0 Å². The van der Waals surface area contributed by atoms with Crippen LogP contribution < -0.4 is 10.6 Å². The van der Waals surface area contributed by atoms with Crippen LogP contribution in [-0.2, 0) is 22.4 Å². The zero-order chi connectivity index (χ0) is 18.1. The molecule has 2 amide bonds. The average Bonchev–Trinajstić information content (AvgIpc) is 3.11. The lowest BCUT2D eigenvalue weighted by Crippen LogP contribution is -2.41. The van der Waals surface area contributed by atoms with Crippen LogP contribution in [0.15, 0.2) is 47.1 Å². The van der Waals surface area contributed by atoms with Gasteiger partial charge in [-0.3, -0.25) is 9.59 Å². The summed E-state index contributed by atoms with van der Waals surface area (Å²) >= 11 is 0. The summed E-state index contributed by atoms with van der Waals surface area (Å²) < 4.78 is 5.27. The normalized spacial score (nSPS) is 11.8. The van der Waals surface area contributed by atoms with Crippen molar-refractivity contribution in [1.29, 1.82) is 0 Å². The first-order valence-corrected chi connectivity index (χ1v) is 8.67. The number of hydrogen-bond donors (Lipinski definition) is 2. The van der Waals surface area contributed by atoms with Gasteiger partial charge in [0.05, 0.1) is 12.8 Å². The minimum atomic E-state index is -0.171. The lowest BCUT2D eigenvalue weighted by Gasteiger charge is -2.13. The second-order valence-corrected chi connectivity index (χ2v) is 6.35. The highest BCUT2D eigenvalue weighted by molar-refractivity contribution is 5.84. The number of benzene rings is 1. The summed E-state index contributed by atoms with van der Waals surface area (Å²) in [6.45, 7) is 3.99. The van der Waals surface area contributed by atoms with E-state index in [1.165, 1.54) is 5.56 Å². The van der Waals surface area contributed by atoms with Gasteiger partial charge in [0.1, 0.15) is 5.76 Å². The van der Waals surface area contributed by atoms with Crippen LogP contribution in [0.25, 0.3) is 0 Å². The zero-order valence-electron chi connectivity index (χ0n) is 14.9. The fourth-order valence-corrected chi connectivity index (χ4v) is 2.49. The molecule has 0 aliphatic heterocycles. The van der Waals surface area contributed by atoms with E-state index in [2.05, 4.69) is 10.6 Å². The van der Waals surface area contributed by atoms with E-state index in [9.17, 15) is 9.59 Å². The van der Waals surface area contributed by atoms with Crippen LogP contribution >= 0.6 is 0 Å². The van der Waals surface area contributed by atoms with Crippen LogP contribution in [0.2, 0.25) is 0 Å². The van der Waals surface area contributed by atoms with E-state index < -0.39 is 0 Å². The summed E-state index contributed by atoms with van der Waals surface area (Å²) in [5.74, 6) is 0.625. The van der Waals surface area contributed by atoms with Crippen molar-refractivity contribution in [3.8, 4) is 0 Å². The van der Waals surface area contributed by atoms with Gasteiger partial charge in [0, 0.05) is 18.9 Å². The Kier molecular flexibility index (Phi) is 7.26. The molecule has 5 heteroatoms. The van der Waals surface area contributed by atoms with Gasteiger partial charge >= 0.3 is 0 Å². The molecule has 0 fully saturated rings. The highest BCUT2D eigenvalue weighted by atomic mass is 16.3. The molecule has 2 N–H and O–H groups in total. The molecule has 0 saturated carbocycles. The maximum Gasteiger partial charge on any atom is 0.239 e. The van der Waals surface area contributed by atoms with E-state index in [1.807, 2.05) is 50.2 Å². The SMILES string of the molecule is Cc1ccc(CCC(=O)NCC(=O)N[C@@H](C)CCc2ccco2)cc1. The van der Waals surface area contributed by atoms with E-state index >= 15 is 0 Å². The van der Waals surface area contributed by atoms with Crippen LogP contribution in [0.1, 0.15) is 36.7 Å². The van der Waals surface area contributed by atoms with Crippen LogP contribution in [0, 0.1) is 6.92 Å². The van der Waals surface area contributed by atoms with Crippen molar-refractivity contribution >= 4 is 11.8 Å². The van der Waals surface area contributed by atoms with Gasteiger partial charge < -0.3 is 15.1 Å². The van der Waals surface area contributed by atoms with Crippen LogP contribution in [-0.4, -0.2) is 24.4 Å². The van der Waals surface area contributed by atoms with Crippen molar-refractivity contribution in [2.24, 2.45) is 0 Å². The Morgan fingerprint density at radius 3 is 2.52 bits per heavy atom. The fraction of sp³-hybridized carbons (Fsp3) is 0.400. The maximum absolute atomic E-state index is 11.9. The summed E-state index contributed by atoms with van der Waals surface area (Å²) in [6, 6.07) is 11.9. The van der Waals surface area contributed by atoms with Gasteiger partial charge in [-0.15, -0.1) is 0 Å². The van der Waals surface area contributed by atoms with Crippen LogP contribution in [0.5, 0.6) is 0 Å². The number of rotatable bonds is 9. The summed E-state index contributed by atoms with van der Waals surface area (Å²) in [4.78, 5) is 23.7. The van der Waals surface area contributed by atoms with Crippen molar-refractivity contribution in [2.45, 2.75) is 45.6 Å². The lowest BCUT2D eigenvalue weighted by atomic mass is 10.1. The predicted octanol–water partition coefficient (Wildman–Crippen LogP) is 2.77. The van der Waals surface area contributed by atoms with Gasteiger partial charge in [-0.25, -0.2) is 0 Å². The summed E-state index contributed by atoms with van der Waals surface area (Å²) in [5, 5.41) is 5.55. The Bertz CT molecular complexity index is 663. The fourth-order valence-electron chi connectivity index (χ4n) is 2.49. The predicted molar refractivity (Wildman–Crippen MR) is 97.1 cm³/mol. The summed E-state index contributed by atoms with van der Waals surface area (Å²) in [5.41, 5.74) is 2.32. The number of nitrogens with one attached hydrogen (secondary N) is 2. The number of aryl methyl sites for hydroxylation is 3. The van der Waals surface area contributed by atoms with Crippen LogP contribution in [0.3, 0.4) is 0 Å². The second kappa shape index (κ2) is 9.67. The molecule has 1 aromatic heterocycles. The molecule has 2 rings (SSSR count). The smallest absolute Gasteiger partial charge is 0.239 e. The molecule has 1 atom stereocenters. The Hall–Kier alpha value is -2.56. The van der Waals surface area contributed by atoms with Crippen molar-refractivity contribution in [1.82, 2.24) is 10.6 Å². The van der Waals surface area contributed by atoms with Crippen molar-refractivity contribution in [3.63, 3.8) is 0 Å². The molecule has 0 aliphatic rings. The zero-order valence-corrected chi connectivity index (χ0v) is 14.9. The molecule has 5 nitrogen and oxygen atoms in total. The third-order valence-corrected chi connectivity index (χ3v) is 4.02. The van der Waals surface area contributed by atoms with E-state index in [4.69, 9.17) is 4.42 Å². The number of amides is 2. The second-order valence-electron chi connectivity index (χ2n) is 6.35. The standard InChI is InChI=1S/C20H26N2O3/c1-15-5-8-17(9-6-15)10-12-19(23)21-14-20(24)22-16(2)7-11-18-4-3-13-25-18/h3-6,8-9,13,16H,7,10-12,14H2,1-2H3,(H,21,23)(H,22,24)/t16-/m0/s1. The molecule has 2 aromatic rings. The molecule has 0 aliphatic carbocycles. The first kappa shape index (κ1) is 18.8. The average molecular weight is 342 g/mol. The quantitative estimate of drug-likeness (QED) is 0.736. The van der Waals surface area contributed by atoms with E-state index in [0.29, 0.717) is 12.8 Å². The minimum Gasteiger partial charge on any atom is -0.469 e. The maximum atomic E-state index is 11.9. The summed E-state index contributed by atoms with van der Waals surface area (Å²) in [7, 11) is 0. The lowest BCUT2D eigenvalue weighted by molar-refractivity contribution is -0.126. The molecule has 0 bridgehead atoms. The Labute approximate surface area is 148 Å². The number of carbonyl (C=O) groups is 2. The van der Waals surface area contributed by atoms with Gasteiger partial charge in [-0.05, 0) is 44.4 Å². The Morgan fingerprint density at radius 2 is 1.84 bits per heavy atom. The molecule has 1 heterocycles. The number of furan rings is 1. The van der Waals surface area contributed by atoms with Crippen molar-refractivity contribution in [3.05, 3.63) is 59.5 Å². The van der Waals surface area contributed by atoms with Gasteiger partial charge in [0.15, 0.2) is 0 Å². The van der Waals surface area contributed by atoms with Crippen molar-refractivity contribution in [2.75, 3.05) is 6.54 Å². The Morgan fingerprint density at radius 1 is 1.08 bits per heavy atom. The molecule has 0 radical (unpaired) electrons. The molecule has 0 saturated heterocycles. The van der Waals surface area contributed by atoms with Gasteiger partial charge in [0.25, 0.3) is 0 Å². The highest BCUT2D eigenvalue weighted by Crippen LogP contribution is 2.06. The van der Waals surface area contributed by atoms with E-state index in [-0.39, 0.29) is 24.4 Å². The molecule has 25 heavy (non-hydrogen) atoms. The monoisotopic (exact) mass is 342 g/mol. The number of hydrogen-bond acceptors (Lipinski definition) is 3. The van der Waals surface area contributed by atoms with Gasteiger partial charge in [-0.1, -0.05) is 29.8 Å². The number of carbonyl (C=O) groups excluding carboxylic acids is 2. The third kappa shape index (κ3) is 7.25. The van der Waals surface area contributed by atoms with Gasteiger partial charge in [-0.2, -0.15) is 0 Å². The van der Waals surface area contributed by atoms with Gasteiger partial charge in [0.2, 0.25) is 11.8 Å². The molecule has 1 aromatic carbocycles. The van der Waals surface area contributed by atoms with E-state index in [0.717, 1.165) is 24.2 Å². The molecule has 0 spiro atoms. The molecule has 0 unspecified atom stereocenters. The Balaban J connectivity index is 1.60. The third-order valence-electron chi connectivity index (χ3n) is 4.02. The minimum absolute atomic E-state index is 0.0117. The molecular weight excluding hydrogens is 316 g/mol. The first-order valence-electron chi connectivity index (χ1n) is 8.67. The van der Waals surface area contributed by atoms with Crippen molar-refractivity contribution < 1.29 is 14.0 Å².